The summed E-state index contributed by atoms with van der Waals surface area (Å²) in [5, 5.41) is 3.01. The fraction of sp³-hybridized carbons (Fsp3) is 0.250. The number of H-pyrrole nitrogens is 1. The number of anilines is 1. The number of para-hydroxylation sites is 1. The number of nitrogens with zero attached hydrogens (tertiary/aromatic N) is 3. The largest absolute Gasteiger partial charge is 0.322 e. The molecule has 2 aromatic carbocycles. The number of aromatic nitrogens is 2. The van der Waals surface area contributed by atoms with Gasteiger partial charge >= 0.3 is 6.03 Å². The first-order chi connectivity index (χ1) is 14.0. The van der Waals surface area contributed by atoms with E-state index in [-0.39, 0.29) is 11.2 Å². The minimum Gasteiger partial charge on any atom is -0.322 e. The number of nitrogens with one attached hydrogen (secondary N) is 2. The maximum atomic E-state index is 13.7. The fourth-order valence-corrected chi connectivity index (χ4v) is 3.32. The van der Waals surface area contributed by atoms with Crippen LogP contribution >= 0.6 is 0 Å². The predicted octanol–water partition coefficient (Wildman–Crippen LogP) is 2.55. The van der Waals surface area contributed by atoms with Gasteiger partial charge in [0.2, 0.25) is 0 Å². The smallest absolute Gasteiger partial charge is 0.322 e. The quantitative estimate of drug-likeness (QED) is 0.709. The number of halogens is 2. The molecule has 0 bridgehead atoms. The summed E-state index contributed by atoms with van der Waals surface area (Å²) in [5.41, 5.74) is 0.410. The lowest BCUT2D eigenvalue weighted by Gasteiger charge is -2.34. The summed E-state index contributed by atoms with van der Waals surface area (Å²) in [4.78, 5) is 35.5. The molecule has 4 rings (SSSR count). The van der Waals surface area contributed by atoms with E-state index in [2.05, 4.69) is 20.2 Å². The molecule has 0 spiro atoms. The second-order valence-electron chi connectivity index (χ2n) is 6.85. The number of carbonyl (C=O) groups is 1. The first-order valence-electron chi connectivity index (χ1n) is 9.21. The van der Waals surface area contributed by atoms with E-state index in [0.29, 0.717) is 49.5 Å². The van der Waals surface area contributed by atoms with Gasteiger partial charge in [0.15, 0.2) is 0 Å². The van der Waals surface area contributed by atoms with Gasteiger partial charge in [-0.2, -0.15) is 0 Å². The number of amides is 2. The van der Waals surface area contributed by atoms with E-state index in [1.807, 2.05) is 6.07 Å². The van der Waals surface area contributed by atoms with Crippen LogP contribution in [0.15, 0.2) is 47.3 Å². The zero-order valence-corrected chi connectivity index (χ0v) is 15.5. The molecule has 7 nitrogen and oxygen atoms in total. The molecule has 0 atom stereocenters. The van der Waals surface area contributed by atoms with Crippen molar-refractivity contribution < 1.29 is 13.6 Å². The van der Waals surface area contributed by atoms with Crippen molar-refractivity contribution in [2.24, 2.45) is 0 Å². The molecule has 1 saturated heterocycles. The average molecular weight is 399 g/mol. The molecular formula is C20H19F2N5O2. The van der Waals surface area contributed by atoms with Crippen molar-refractivity contribution in [2.75, 3.05) is 31.5 Å². The lowest BCUT2D eigenvalue weighted by atomic mass is 10.2. The number of fused-ring (bicyclic) bond motifs is 1. The number of piperazine rings is 1. The van der Waals surface area contributed by atoms with Crippen LogP contribution in [0.3, 0.4) is 0 Å². The maximum Gasteiger partial charge on any atom is 0.322 e. The lowest BCUT2D eigenvalue weighted by molar-refractivity contribution is 0.141. The summed E-state index contributed by atoms with van der Waals surface area (Å²) >= 11 is 0. The molecule has 0 radical (unpaired) electrons. The van der Waals surface area contributed by atoms with Crippen LogP contribution in [-0.2, 0) is 6.54 Å². The Labute approximate surface area is 165 Å². The van der Waals surface area contributed by atoms with Gasteiger partial charge in [-0.3, -0.25) is 9.69 Å². The van der Waals surface area contributed by atoms with Crippen LogP contribution in [-0.4, -0.2) is 52.0 Å². The van der Waals surface area contributed by atoms with Crippen molar-refractivity contribution in [3.05, 3.63) is 70.3 Å². The van der Waals surface area contributed by atoms with E-state index in [1.165, 1.54) is 6.07 Å². The average Bonchev–Trinajstić information content (AvgIpc) is 2.71. The summed E-state index contributed by atoms with van der Waals surface area (Å²) in [6.45, 7) is 2.49. The van der Waals surface area contributed by atoms with Gasteiger partial charge in [0.05, 0.1) is 23.1 Å². The predicted molar refractivity (Wildman–Crippen MR) is 105 cm³/mol. The third-order valence-electron chi connectivity index (χ3n) is 4.87. The van der Waals surface area contributed by atoms with E-state index in [9.17, 15) is 18.4 Å². The minimum atomic E-state index is -0.816. The van der Waals surface area contributed by atoms with Crippen molar-refractivity contribution in [3.63, 3.8) is 0 Å². The van der Waals surface area contributed by atoms with Crippen molar-refractivity contribution in [1.82, 2.24) is 19.8 Å². The van der Waals surface area contributed by atoms with Crippen molar-refractivity contribution in [1.29, 1.82) is 0 Å². The number of rotatable bonds is 3. The molecule has 0 saturated carbocycles. The van der Waals surface area contributed by atoms with Crippen LogP contribution in [0.1, 0.15) is 5.82 Å². The molecule has 2 N–H and O–H groups in total. The van der Waals surface area contributed by atoms with Gasteiger partial charge in [0.1, 0.15) is 17.5 Å². The monoisotopic (exact) mass is 399 g/mol. The number of hydrogen-bond donors (Lipinski definition) is 2. The molecule has 1 aliphatic rings. The van der Waals surface area contributed by atoms with Gasteiger partial charge in [-0.05, 0) is 24.3 Å². The molecule has 1 aromatic heterocycles. The Morgan fingerprint density at radius 2 is 1.86 bits per heavy atom. The lowest BCUT2D eigenvalue weighted by Crippen LogP contribution is -2.49. The van der Waals surface area contributed by atoms with E-state index in [1.54, 1.807) is 23.1 Å². The Hall–Kier alpha value is -3.33. The fourth-order valence-electron chi connectivity index (χ4n) is 3.32. The summed E-state index contributed by atoms with van der Waals surface area (Å²) in [5.74, 6) is -0.947. The molecule has 0 unspecified atom stereocenters. The second-order valence-corrected chi connectivity index (χ2v) is 6.85. The van der Waals surface area contributed by atoms with Crippen molar-refractivity contribution in [2.45, 2.75) is 6.54 Å². The zero-order valence-electron chi connectivity index (χ0n) is 15.5. The van der Waals surface area contributed by atoms with Crippen LogP contribution in [0, 0.1) is 11.6 Å². The third kappa shape index (κ3) is 4.24. The summed E-state index contributed by atoms with van der Waals surface area (Å²) in [7, 11) is 0. The summed E-state index contributed by atoms with van der Waals surface area (Å²) in [6, 6.07) is 9.73. The van der Waals surface area contributed by atoms with Gasteiger partial charge < -0.3 is 15.2 Å². The number of urea groups is 1. The topological polar surface area (TPSA) is 81.3 Å². The number of aromatic amines is 1. The van der Waals surface area contributed by atoms with Gasteiger partial charge in [0.25, 0.3) is 5.56 Å². The number of benzene rings is 2. The highest BCUT2D eigenvalue weighted by Crippen LogP contribution is 2.16. The molecule has 2 heterocycles. The van der Waals surface area contributed by atoms with Gasteiger partial charge in [-0.25, -0.2) is 18.6 Å². The molecule has 29 heavy (non-hydrogen) atoms. The van der Waals surface area contributed by atoms with Crippen molar-refractivity contribution >= 4 is 22.6 Å². The van der Waals surface area contributed by atoms with Crippen LogP contribution in [0.25, 0.3) is 10.9 Å². The highest BCUT2D eigenvalue weighted by molar-refractivity contribution is 5.89. The minimum absolute atomic E-state index is 0.0585. The maximum absolute atomic E-state index is 13.7. The second kappa shape index (κ2) is 7.96. The van der Waals surface area contributed by atoms with Crippen LogP contribution < -0.4 is 10.9 Å². The molecule has 9 heteroatoms. The van der Waals surface area contributed by atoms with Crippen LogP contribution in [0.2, 0.25) is 0 Å². The Morgan fingerprint density at radius 3 is 2.62 bits per heavy atom. The SMILES string of the molecule is O=C(Nc1ccc(F)cc1F)N1CCN(Cc2nc3ccccc3c(=O)[nH]2)CC1. The van der Waals surface area contributed by atoms with Crippen molar-refractivity contribution in [3.8, 4) is 0 Å². The van der Waals surface area contributed by atoms with E-state index >= 15 is 0 Å². The van der Waals surface area contributed by atoms with Gasteiger partial charge in [-0.1, -0.05) is 12.1 Å². The normalized spacial score (nSPS) is 14.9. The van der Waals surface area contributed by atoms with E-state index in [0.717, 1.165) is 12.1 Å². The molecule has 1 fully saturated rings. The Kier molecular flexibility index (Phi) is 5.22. The molecule has 1 aliphatic heterocycles. The molecule has 2 amide bonds. The first-order valence-corrected chi connectivity index (χ1v) is 9.21. The highest BCUT2D eigenvalue weighted by Gasteiger charge is 2.22. The Balaban J connectivity index is 1.36. The van der Waals surface area contributed by atoms with E-state index < -0.39 is 17.7 Å². The third-order valence-corrected chi connectivity index (χ3v) is 4.87. The number of carbonyl (C=O) groups excluding carboxylic acids is 1. The summed E-state index contributed by atoms with van der Waals surface area (Å²) in [6.07, 6.45) is 0. The highest BCUT2D eigenvalue weighted by atomic mass is 19.1. The molecule has 0 aliphatic carbocycles. The summed E-state index contributed by atoms with van der Waals surface area (Å²) < 4.78 is 26.7. The first kappa shape index (κ1) is 19.0. The Morgan fingerprint density at radius 1 is 1.10 bits per heavy atom. The molecular weight excluding hydrogens is 380 g/mol. The van der Waals surface area contributed by atoms with E-state index in [4.69, 9.17) is 0 Å². The number of hydrogen-bond acceptors (Lipinski definition) is 4. The van der Waals surface area contributed by atoms with Crippen LogP contribution in [0.5, 0.6) is 0 Å². The molecule has 150 valence electrons. The molecule has 3 aromatic rings. The Bertz CT molecular complexity index is 1110. The standard InChI is InChI=1S/C20H19F2N5O2/c21-13-5-6-17(15(22)11-13)24-20(29)27-9-7-26(8-10-27)12-18-23-16-4-2-1-3-14(16)19(28)25-18/h1-6,11H,7-10,12H2,(H,24,29)(H,23,25,28). The van der Waals surface area contributed by atoms with Gasteiger partial charge in [0, 0.05) is 32.2 Å². The van der Waals surface area contributed by atoms with Gasteiger partial charge in [-0.15, -0.1) is 0 Å². The van der Waals surface area contributed by atoms with Crippen LogP contribution in [0.4, 0.5) is 19.3 Å². The zero-order chi connectivity index (χ0) is 20.4.